The van der Waals surface area contributed by atoms with Gasteiger partial charge in [0.25, 0.3) is 5.91 Å². The number of imide groups is 1. The highest BCUT2D eigenvalue weighted by Gasteiger charge is 2.39. The molecule has 7 heteroatoms. The number of anilines is 1. The zero-order valence-corrected chi connectivity index (χ0v) is 17.5. The topological polar surface area (TPSA) is 74.1 Å². The second-order valence-electron chi connectivity index (χ2n) is 7.21. The van der Waals surface area contributed by atoms with Crippen LogP contribution in [0.25, 0.3) is 0 Å². The molecule has 0 unspecified atom stereocenters. The van der Waals surface area contributed by atoms with Gasteiger partial charge in [0.2, 0.25) is 5.91 Å². The summed E-state index contributed by atoms with van der Waals surface area (Å²) in [5.41, 5.74) is 3.05. The van der Waals surface area contributed by atoms with Crippen molar-refractivity contribution >= 4 is 40.5 Å². The van der Waals surface area contributed by atoms with Crippen molar-refractivity contribution < 1.29 is 9.59 Å². The first-order valence-corrected chi connectivity index (χ1v) is 10.4. The van der Waals surface area contributed by atoms with Crippen molar-refractivity contribution in [1.29, 1.82) is 0 Å². The Morgan fingerprint density at radius 1 is 0.871 bits per heavy atom. The van der Waals surface area contributed by atoms with Crippen molar-refractivity contribution in [2.45, 2.75) is 18.9 Å². The van der Waals surface area contributed by atoms with Gasteiger partial charge in [-0.05, 0) is 67.1 Å². The first-order chi connectivity index (χ1) is 15.1. The maximum Gasteiger partial charge on any atom is 0.251 e. The van der Waals surface area contributed by atoms with E-state index in [1.165, 1.54) is 4.90 Å². The SMILES string of the molecule is O=C1C[C@H](NCCc2ccc(Cl)cc2)C(=O)N1c1ccc(N=Nc2ccccc2)cc1. The predicted octanol–water partition coefficient (Wildman–Crippen LogP) is 5.22. The number of hydrogen-bond donors (Lipinski definition) is 1. The van der Waals surface area contributed by atoms with E-state index in [4.69, 9.17) is 11.6 Å². The molecule has 1 saturated heterocycles. The van der Waals surface area contributed by atoms with E-state index in [0.717, 1.165) is 17.7 Å². The lowest BCUT2D eigenvalue weighted by Gasteiger charge is -2.15. The molecule has 0 saturated carbocycles. The molecule has 1 aliphatic rings. The van der Waals surface area contributed by atoms with Gasteiger partial charge in [-0.2, -0.15) is 10.2 Å². The summed E-state index contributed by atoms with van der Waals surface area (Å²) < 4.78 is 0. The van der Waals surface area contributed by atoms with Crippen LogP contribution in [-0.2, 0) is 16.0 Å². The Hall–Kier alpha value is -3.35. The predicted molar refractivity (Wildman–Crippen MR) is 121 cm³/mol. The standard InChI is InChI=1S/C24H21ClN4O2/c25-18-8-6-17(7-9-18)14-15-26-22-16-23(30)29(24(22)31)21-12-10-20(11-13-21)28-27-19-4-2-1-3-5-19/h1-13,22,26H,14-16H2/t22-/m0/s1. The fraction of sp³-hybridized carbons (Fsp3) is 0.167. The van der Waals surface area contributed by atoms with Gasteiger partial charge in [-0.25, -0.2) is 4.90 Å². The lowest BCUT2D eigenvalue weighted by Crippen LogP contribution is -2.39. The molecule has 3 aromatic carbocycles. The molecule has 0 spiro atoms. The third-order valence-electron chi connectivity index (χ3n) is 5.01. The van der Waals surface area contributed by atoms with Gasteiger partial charge in [0.05, 0.1) is 29.5 Å². The fourth-order valence-corrected chi connectivity index (χ4v) is 3.51. The minimum atomic E-state index is -0.516. The van der Waals surface area contributed by atoms with Crippen molar-refractivity contribution in [3.63, 3.8) is 0 Å². The number of carbonyl (C=O) groups is 2. The fourth-order valence-electron chi connectivity index (χ4n) is 3.38. The highest BCUT2D eigenvalue weighted by atomic mass is 35.5. The Balaban J connectivity index is 1.35. The second-order valence-corrected chi connectivity index (χ2v) is 7.64. The van der Waals surface area contributed by atoms with Crippen LogP contribution in [0, 0.1) is 0 Å². The highest BCUT2D eigenvalue weighted by Crippen LogP contribution is 2.26. The second kappa shape index (κ2) is 9.64. The minimum Gasteiger partial charge on any atom is -0.305 e. The number of hydrogen-bond acceptors (Lipinski definition) is 5. The Bertz CT molecular complexity index is 1080. The number of rotatable bonds is 7. The Kier molecular flexibility index (Phi) is 6.50. The van der Waals surface area contributed by atoms with Crippen molar-refractivity contribution in [3.05, 3.63) is 89.4 Å². The van der Waals surface area contributed by atoms with Gasteiger partial charge in [0, 0.05) is 5.02 Å². The van der Waals surface area contributed by atoms with E-state index in [-0.39, 0.29) is 18.2 Å². The molecule has 1 aliphatic heterocycles. The van der Waals surface area contributed by atoms with Crippen LogP contribution in [0.1, 0.15) is 12.0 Å². The summed E-state index contributed by atoms with van der Waals surface area (Å²) >= 11 is 5.90. The summed E-state index contributed by atoms with van der Waals surface area (Å²) in [6.45, 7) is 0.595. The van der Waals surface area contributed by atoms with Crippen molar-refractivity contribution in [1.82, 2.24) is 5.32 Å². The van der Waals surface area contributed by atoms with Crippen molar-refractivity contribution in [3.8, 4) is 0 Å². The Labute approximate surface area is 185 Å². The number of nitrogens with zero attached hydrogens (tertiary/aromatic N) is 3. The van der Waals surface area contributed by atoms with E-state index in [2.05, 4.69) is 15.5 Å². The van der Waals surface area contributed by atoms with Gasteiger partial charge in [-0.1, -0.05) is 41.9 Å². The number of benzene rings is 3. The van der Waals surface area contributed by atoms with Crippen molar-refractivity contribution in [2.24, 2.45) is 10.2 Å². The number of nitrogens with one attached hydrogen (secondary N) is 1. The first kappa shape index (κ1) is 20.9. The maximum atomic E-state index is 12.8. The minimum absolute atomic E-state index is 0.148. The van der Waals surface area contributed by atoms with Crippen LogP contribution in [0.3, 0.4) is 0 Å². The normalized spacial score (nSPS) is 16.4. The van der Waals surface area contributed by atoms with E-state index in [1.54, 1.807) is 24.3 Å². The number of azo groups is 1. The van der Waals surface area contributed by atoms with Gasteiger partial charge in [-0.3, -0.25) is 9.59 Å². The number of carbonyl (C=O) groups excluding carboxylic acids is 2. The van der Waals surface area contributed by atoms with Crippen LogP contribution in [0.4, 0.5) is 17.1 Å². The summed E-state index contributed by atoms with van der Waals surface area (Å²) in [7, 11) is 0. The third-order valence-corrected chi connectivity index (χ3v) is 5.26. The quantitative estimate of drug-likeness (QED) is 0.411. The van der Waals surface area contributed by atoms with Gasteiger partial charge in [-0.15, -0.1) is 0 Å². The number of halogens is 1. The molecule has 2 amide bonds. The molecule has 1 atom stereocenters. The molecule has 1 heterocycles. The largest absolute Gasteiger partial charge is 0.305 e. The molecule has 0 bridgehead atoms. The van der Waals surface area contributed by atoms with Crippen LogP contribution in [-0.4, -0.2) is 24.4 Å². The van der Waals surface area contributed by atoms with Gasteiger partial charge in [0.1, 0.15) is 0 Å². The molecule has 31 heavy (non-hydrogen) atoms. The summed E-state index contributed by atoms with van der Waals surface area (Å²) in [5, 5.41) is 12.2. The molecule has 156 valence electrons. The zero-order valence-electron chi connectivity index (χ0n) is 16.7. The molecular weight excluding hydrogens is 412 g/mol. The van der Waals surface area contributed by atoms with Crippen LogP contribution >= 0.6 is 11.6 Å². The van der Waals surface area contributed by atoms with E-state index >= 15 is 0 Å². The molecule has 1 fully saturated rings. The molecule has 4 rings (SSSR count). The first-order valence-electron chi connectivity index (χ1n) is 10.0. The molecule has 6 nitrogen and oxygen atoms in total. The van der Waals surface area contributed by atoms with E-state index < -0.39 is 6.04 Å². The van der Waals surface area contributed by atoms with Gasteiger partial charge >= 0.3 is 0 Å². The Morgan fingerprint density at radius 2 is 1.52 bits per heavy atom. The van der Waals surface area contributed by atoms with Crippen molar-refractivity contribution in [2.75, 3.05) is 11.4 Å². The number of amides is 2. The summed E-state index contributed by atoms with van der Waals surface area (Å²) in [6, 6.07) is 23.4. The van der Waals surface area contributed by atoms with Crippen LogP contribution < -0.4 is 10.2 Å². The van der Waals surface area contributed by atoms with Crippen LogP contribution in [0.5, 0.6) is 0 Å². The lowest BCUT2D eigenvalue weighted by molar-refractivity contribution is -0.121. The molecule has 1 N–H and O–H groups in total. The van der Waals surface area contributed by atoms with E-state index in [9.17, 15) is 9.59 Å². The van der Waals surface area contributed by atoms with Crippen LogP contribution in [0.15, 0.2) is 89.1 Å². The lowest BCUT2D eigenvalue weighted by atomic mass is 10.1. The average Bonchev–Trinajstić information content (AvgIpc) is 3.08. The summed E-state index contributed by atoms with van der Waals surface area (Å²) in [5.74, 6) is -0.451. The van der Waals surface area contributed by atoms with Gasteiger partial charge < -0.3 is 5.32 Å². The molecular formula is C24H21ClN4O2. The summed E-state index contributed by atoms with van der Waals surface area (Å²) in [6.07, 6.45) is 0.894. The third kappa shape index (κ3) is 5.23. The van der Waals surface area contributed by atoms with E-state index in [1.807, 2.05) is 54.6 Å². The smallest absolute Gasteiger partial charge is 0.251 e. The highest BCUT2D eigenvalue weighted by molar-refractivity contribution is 6.30. The zero-order chi connectivity index (χ0) is 21.6. The molecule has 0 aliphatic carbocycles. The molecule has 3 aromatic rings. The van der Waals surface area contributed by atoms with Crippen LogP contribution in [0.2, 0.25) is 5.02 Å². The van der Waals surface area contributed by atoms with E-state index in [0.29, 0.717) is 22.9 Å². The average molecular weight is 433 g/mol. The summed E-state index contributed by atoms with van der Waals surface area (Å²) in [4.78, 5) is 26.5. The maximum absolute atomic E-state index is 12.8. The Morgan fingerprint density at radius 3 is 2.19 bits per heavy atom. The molecule has 0 radical (unpaired) electrons. The monoisotopic (exact) mass is 432 g/mol. The molecule has 0 aromatic heterocycles. The van der Waals surface area contributed by atoms with Gasteiger partial charge in [0.15, 0.2) is 0 Å².